The van der Waals surface area contributed by atoms with Crippen molar-refractivity contribution in [2.75, 3.05) is 27.2 Å². The second-order valence-corrected chi connectivity index (χ2v) is 9.81. The third-order valence-electron chi connectivity index (χ3n) is 5.53. The first kappa shape index (κ1) is 21.5. The van der Waals surface area contributed by atoms with Crippen molar-refractivity contribution in [1.29, 1.82) is 0 Å². The molecule has 6 nitrogen and oxygen atoms in total. The van der Waals surface area contributed by atoms with Crippen LogP contribution >= 0.6 is 0 Å². The molecule has 1 heterocycles. The molecule has 1 saturated heterocycles. The highest BCUT2D eigenvalue weighted by atomic mass is 32.2. The van der Waals surface area contributed by atoms with Gasteiger partial charge in [-0.05, 0) is 36.5 Å². The molecule has 1 atom stereocenters. The Bertz CT molecular complexity index is 937. The maximum absolute atomic E-state index is 13.1. The van der Waals surface area contributed by atoms with Crippen LogP contribution in [0.1, 0.15) is 35.6 Å². The molecule has 0 saturated carbocycles. The number of rotatable bonds is 6. The van der Waals surface area contributed by atoms with Crippen LogP contribution in [0.25, 0.3) is 0 Å². The van der Waals surface area contributed by atoms with Crippen LogP contribution in [-0.4, -0.2) is 50.1 Å². The summed E-state index contributed by atoms with van der Waals surface area (Å²) < 4.78 is 27.3. The van der Waals surface area contributed by atoms with Gasteiger partial charge < -0.3 is 5.32 Å². The van der Waals surface area contributed by atoms with Crippen LogP contribution in [0.2, 0.25) is 0 Å². The molecule has 1 aliphatic heterocycles. The van der Waals surface area contributed by atoms with E-state index in [4.69, 9.17) is 0 Å². The fourth-order valence-corrected chi connectivity index (χ4v) is 4.87. The first-order chi connectivity index (χ1) is 13.8. The highest BCUT2D eigenvalue weighted by molar-refractivity contribution is 7.86. The van der Waals surface area contributed by atoms with Gasteiger partial charge >= 0.3 is 0 Å². The molecule has 0 radical (unpaired) electrons. The Kier molecular flexibility index (Phi) is 6.72. The van der Waals surface area contributed by atoms with Crippen molar-refractivity contribution in [3.8, 4) is 0 Å². The van der Waals surface area contributed by atoms with E-state index in [2.05, 4.69) is 5.32 Å². The quantitative estimate of drug-likeness (QED) is 0.789. The highest BCUT2D eigenvalue weighted by Gasteiger charge is 2.33. The summed E-state index contributed by atoms with van der Waals surface area (Å²) in [6.07, 6.45) is 1.04. The summed E-state index contributed by atoms with van der Waals surface area (Å²) >= 11 is 0. The highest BCUT2D eigenvalue weighted by Crippen LogP contribution is 2.27. The molecule has 7 heteroatoms. The Morgan fingerprint density at radius 3 is 2.21 bits per heavy atom. The lowest BCUT2D eigenvalue weighted by atomic mass is 9.92. The van der Waals surface area contributed by atoms with Crippen LogP contribution < -0.4 is 5.32 Å². The zero-order valence-electron chi connectivity index (χ0n) is 17.2. The molecule has 2 aromatic carbocycles. The van der Waals surface area contributed by atoms with Gasteiger partial charge in [0.1, 0.15) is 0 Å². The van der Waals surface area contributed by atoms with Crippen molar-refractivity contribution >= 4 is 16.1 Å². The molecule has 0 spiro atoms. The first-order valence-electron chi connectivity index (χ1n) is 9.89. The van der Waals surface area contributed by atoms with Gasteiger partial charge in [0.2, 0.25) is 5.91 Å². The molecule has 1 fully saturated rings. The standard InChI is InChI=1S/C22H29N3O3S/c1-17-9-7-8-12-20(17)21(18-10-5-4-6-11-18)23-22(26)19-13-15-25(16-14-19)29(27,28)24(2)3/h4-12,19,21H,13-16H2,1-3H3,(H,23,26). The molecule has 2 aromatic rings. The predicted molar refractivity (Wildman–Crippen MR) is 115 cm³/mol. The van der Waals surface area contributed by atoms with Crippen molar-refractivity contribution in [3.63, 3.8) is 0 Å². The number of hydrogen-bond donors (Lipinski definition) is 1. The van der Waals surface area contributed by atoms with E-state index in [0.29, 0.717) is 25.9 Å². The number of amides is 1. The molecule has 0 bridgehead atoms. The molecule has 1 N–H and O–H groups in total. The van der Waals surface area contributed by atoms with E-state index in [-0.39, 0.29) is 17.9 Å². The summed E-state index contributed by atoms with van der Waals surface area (Å²) in [5.41, 5.74) is 3.22. The fraction of sp³-hybridized carbons (Fsp3) is 0.409. The van der Waals surface area contributed by atoms with E-state index < -0.39 is 10.2 Å². The summed E-state index contributed by atoms with van der Waals surface area (Å²) in [5.74, 6) is -0.220. The number of nitrogens with zero attached hydrogens (tertiary/aromatic N) is 2. The molecule has 0 aromatic heterocycles. The average molecular weight is 416 g/mol. The number of hydrogen-bond acceptors (Lipinski definition) is 3. The van der Waals surface area contributed by atoms with Crippen LogP contribution in [0.5, 0.6) is 0 Å². The van der Waals surface area contributed by atoms with Crippen molar-refractivity contribution < 1.29 is 13.2 Å². The molecule has 1 unspecified atom stereocenters. The van der Waals surface area contributed by atoms with Crippen molar-refractivity contribution in [3.05, 3.63) is 71.3 Å². The third kappa shape index (κ3) is 4.86. The van der Waals surface area contributed by atoms with Gasteiger partial charge in [-0.2, -0.15) is 17.0 Å². The molecule has 3 rings (SSSR count). The van der Waals surface area contributed by atoms with Gasteiger partial charge in [-0.15, -0.1) is 0 Å². The number of aryl methyl sites for hydroxylation is 1. The van der Waals surface area contributed by atoms with Gasteiger partial charge in [0.05, 0.1) is 6.04 Å². The fourth-order valence-electron chi connectivity index (χ4n) is 3.74. The van der Waals surface area contributed by atoms with E-state index in [9.17, 15) is 13.2 Å². The molecule has 1 aliphatic rings. The zero-order chi connectivity index (χ0) is 21.0. The first-order valence-corrected chi connectivity index (χ1v) is 11.3. The average Bonchev–Trinajstić information content (AvgIpc) is 2.73. The zero-order valence-corrected chi connectivity index (χ0v) is 18.0. The van der Waals surface area contributed by atoms with E-state index in [0.717, 1.165) is 16.7 Å². The van der Waals surface area contributed by atoms with Gasteiger partial charge in [0.15, 0.2) is 0 Å². The van der Waals surface area contributed by atoms with Crippen LogP contribution in [0.4, 0.5) is 0 Å². The lowest BCUT2D eigenvalue weighted by Gasteiger charge is -2.33. The Hall–Kier alpha value is -2.22. The van der Waals surface area contributed by atoms with E-state index in [1.807, 2.05) is 61.5 Å². The number of benzene rings is 2. The number of piperidine rings is 1. The van der Waals surface area contributed by atoms with E-state index >= 15 is 0 Å². The van der Waals surface area contributed by atoms with Crippen molar-refractivity contribution in [1.82, 2.24) is 13.9 Å². The van der Waals surface area contributed by atoms with Gasteiger partial charge in [-0.25, -0.2) is 0 Å². The van der Waals surface area contributed by atoms with Gasteiger partial charge in [-0.1, -0.05) is 54.6 Å². The summed E-state index contributed by atoms with van der Waals surface area (Å²) in [4.78, 5) is 13.1. The van der Waals surface area contributed by atoms with Gasteiger partial charge in [-0.3, -0.25) is 4.79 Å². The van der Waals surface area contributed by atoms with Crippen molar-refractivity contribution in [2.24, 2.45) is 5.92 Å². The van der Waals surface area contributed by atoms with E-state index in [1.165, 1.54) is 22.7 Å². The summed E-state index contributed by atoms with van der Waals surface area (Å²) in [7, 11) is -0.372. The van der Waals surface area contributed by atoms with Gasteiger partial charge in [0, 0.05) is 33.1 Å². The Morgan fingerprint density at radius 2 is 1.62 bits per heavy atom. The summed E-state index contributed by atoms with van der Waals surface area (Å²) in [5, 5.41) is 3.22. The Morgan fingerprint density at radius 1 is 1.03 bits per heavy atom. The molecule has 0 aliphatic carbocycles. The Balaban J connectivity index is 1.74. The molecular formula is C22H29N3O3S. The topological polar surface area (TPSA) is 69.7 Å². The SMILES string of the molecule is Cc1ccccc1C(NC(=O)C1CCN(S(=O)(=O)N(C)C)CC1)c1ccccc1. The number of nitrogens with one attached hydrogen (secondary N) is 1. The van der Waals surface area contributed by atoms with Gasteiger partial charge in [0.25, 0.3) is 10.2 Å². The van der Waals surface area contributed by atoms with Crippen LogP contribution in [0.15, 0.2) is 54.6 Å². The Labute approximate surface area is 173 Å². The summed E-state index contributed by atoms with van der Waals surface area (Å²) in [6.45, 7) is 2.76. The third-order valence-corrected chi connectivity index (χ3v) is 7.47. The lowest BCUT2D eigenvalue weighted by Crippen LogP contribution is -2.47. The number of carbonyl (C=O) groups excluding carboxylic acids is 1. The minimum absolute atomic E-state index is 0.0241. The van der Waals surface area contributed by atoms with Crippen LogP contribution in [0.3, 0.4) is 0 Å². The minimum Gasteiger partial charge on any atom is -0.345 e. The monoisotopic (exact) mass is 415 g/mol. The normalized spacial score (nSPS) is 17.2. The largest absolute Gasteiger partial charge is 0.345 e. The number of carbonyl (C=O) groups is 1. The predicted octanol–water partition coefficient (Wildman–Crippen LogP) is 2.72. The van der Waals surface area contributed by atoms with E-state index in [1.54, 1.807) is 0 Å². The second kappa shape index (κ2) is 9.07. The minimum atomic E-state index is -3.43. The second-order valence-electron chi connectivity index (χ2n) is 7.67. The molecule has 29 heavy (non-hydrogen) atoms. The molecular weight excluding hydrogens is 386 g/mol. The smallest absolute Gasteiger partial charge is 0.281 e. The molecule has 1 amide bonds. The lowest BCUT2D eigenvalue weighted by molar-refractivity contribution is -0.126. The molecule has 156 valence electrons. The maximum atomic E-state index is 13.1. The van der Waals surface area contributed by atoms with Crippen molar-refractivity contribution in [2.45, 2.75) is 25.8 Å². The maximum Gasteiger partial charge on any atom is 0.281 e. The van der Waals surface area contributed by atoms with Crippen LogP contribution in [0, 0.1) is 12.8 Å². The van der Waals surface area contributed by atoms with Crippen LogP contribution in [-0.2, 0) is 15.0 Å². The summed E-state index contributed by atoms with van der Waals surface area (Å²) in [6, 6.07) is 17.8.